The highest BCUT2D eigenvalue weighted by Gasteiger charge is 2.20. The van der Waals surface area contributed by atoms with Crippen LogP contribution in [0.5, 0.6) is 11.5 Å². The molecular weight excluding hydrogens is 536 g/mol. The van der Waals surface area contributed by atoms with Gasteiger partial charge in [0.2, 0.25) is 0 Å². The van der Waals surface area contributed by atoms with Crippen molar-refractivity contribution in [2.24, 2.45) is 0 Å². The first-order valence-electron chi connectivity index (χ1n) is 10.4. The summed E-state index contributed by atoms with van der Waals surface area (Å²) >= 11 is 9.77. The van der Waals surface area contributed by atoms with Gasteiger partial charge in [-0.3, -0.25) is 4.79 Å². The van der Waals surface area contributed by atoms with Crippen LogP contribution in [0, 0.1) is 0 Å². The molecule has 2 N–H and O–H groups in total. The maximum Gasteiger partial charge on any atom is 0.258 e. The molecule has 3 heterocycles. The number of imidazole rings is 1. The van der Waals surface area contributed by atoms with Gasteiger partial charge in [0, 0.05) is 18.3 Å². The van der Waals surface area contributed by atoms with E-state index in [0.717, 1.165) is 0 Å². The molecule has 176 valence electrons. The van der Waals surface area contributed by atoms with E-state index >= 15 is 0 Å². The van der Waals surface area contributed by atoms with Gasteiger partial charge >= 0.3 is 0 Å². The largest absolute Gasteiger partial charge is 0.497 e. The van der Waals surface area contributed by atoms with Gasteiger partial charge in [-0.1, -0.05) is 17.7 Å². The zero-order chi connectivity index (χ0) is 24.5. The molecule has 0 saturated heterocycles. The third-order valence-corrected chi connectivity index (χ3v) is 5.96. The Morgan fingerprint density at radius 3 is 2.74 bits per heavy atom. The third-order valence-electron chi connectivity index (χ3n) is 5.28. The molecule has 0 aliphatic heterocycles. The SMILES string of the molecule is COc1ccc(NC(=O)c2cccc3[nH]c(-c4cc(Br)nn4-c4ncccc4Cl)nc23)c(OC)c1. The molecular formula is C24H18BrClN6O3. The van der Waals surface area contributed by atoms with Crippen LogP contribution in [-0.2, 0) is 0 Å². The molecule has 0 fully saturated rings. The van der Waals surface area contributed by atoms with Gasteiger partial charge in [-0.25, -0.2) is 14.6 Å². The number of nitrogens with one attached hydrogen (secondary N) is 2. The van der Waals surface area contributed by atoms with Crippen LogP contribution in [0.3, 0.4) is 0 Å². The first kappa shape index (κ1) is 22.9. The number of H-pyrrole nitrogens is 1. The summed E-state index contributed by atoms with van der Waals surface area (Å²) in [4.78, 5) is 25.6. The number of methoxy groups -OCH3 is 2. The van der Waals surface area contributed by atoms with Gasteiger partial charge in [-0.05, 0) is 52.3 Å². The van der Waals surface area contributed by atoms with Gasteiger partial charge in [-0.15, -0.1) is 0 Å². The zero-order valence-corrected chi connectivity index (χ0v) is 20.9. The minimum Gasteiger partial charge on any atom is -0.497 e. The Morgan fingerprint density at radius 1 is 1.11 bits per heavy atom. The number of anilines is 1. The Morgan fingerprint density at radius 2 is 1.97 bits per heavy atom. The standard InChI is InChI=1S/C24H18BrClN6O3/c1-34-13-8-9-16(19(11-13)35-2)29-24(33)14-5-3-7-17-21(14)30-22(28-17)18-12-20(25)31-32(18)23-15(26)6-4-10-27-23/h3-12H,1-2H3,(H,28,30)(H,29,33). The molecule has 35 heavy (non-hydrogen) atoms. The van der Waals surface area contributed by atoms with Crippen LogP contribution >= 0.6 is 27.5 Å². The number of hydrogen-bond donors (Lipinski definition) is 2. The van der Waals surface area contributed by atoms with Gasteiger partial charge < -0.3 is 19.8 Å². The van der Waals surface area contributed by atoms with Gasteiger partial charge in [0.15, 0.2) is 11.6 Å². The summed E-state index contributed by atoms with van der Waals surface area (Å²) in [6.07, 6.45) is 1.63. The molecule has 0 aliphatic rings. The van der Waals surface area contributed by atoms with Crippen molar-refractivity contribution in [1.82, 2.24) is 24.7 Å². The van der Waals surface area contributed by atoms with Gasteiger partial charge in [-0.2, -0.15) is 5.10 Å². The van der Waals surface area contributed by atoms with E-state index in [9.17, 15) is 4.79 Å². The van der Waals surface area contributed by atoms with E-state index in [0.29, 0.717) is 60.7 Å². The molecule has 0 aliphatic carbocycles. The highest BCUT2D eigenvalue weighted by molar-refractivity contribution is 9.10. The fourth-order valence-corrected chi connectivity index (χ4v) is 4.22. The molecule has 5 aromatic rings. The fourth-order valence-electron chi connectivity index (χ4n) is 3.64. The lowest BCUT2D eigenvalue weighted by molar-refractivity contribution is 0.102. The number of rotatable bonds is 6. The highest BCUT2D eigenvalue weighted by Crippen LogP contribution is 2.31. The molecule has 2 aromatic carbocycles. The van der Waals surface area contributed by atoms with Crippen molar-refractivity contribution >= 4 is 50.2 Å². The summed E-state index contributed by atoms with van der Waals surface area (Å²) in [5, 5.41) is 7.79. The molecule has 5 rings (SSSR count). The van der Waals surface area contributed by atoms with E-state index in [1.165, 1.54) is 7.11 Å². The van der Waals surface area contributed by atoms with E-state index in [-0.39, 0.29) is 5.91 Å². The number of halogens is 2. The molecule has 0 saturated carbocycles. The molecule has 11 heteroatoms. The number of hydrogen-bond acceptors (Lipinski definition) is 6. The number of ether oxygens (including phenoxy) is 2. The quantitative estimate of drug-likeness (QED) is 0.288. The number of aromatic nitrogens is 5. The van der Waals surface area contributed by atoms with E-state index in [1.54, 1.807) is 66.5 Å². The minimum atomic E-state index is -0.334. The van der Waals surface area contributed by atoms with Gasteiger partial charge in [0.1, 0.15) is 27.3 Å². The first-order valence-corrected chi connectivity index (χ1v) is 11.5. The fraction of sp³-hybridized carbons (Fsp3) is 0.0833. The first-order chi connectivity index (χ1) is 17.0. The summed E-state index contributed by atoms with van der Waals surface area (Å²) in [6, 6.07) is 15.8. The number of para-hydroxylation sites is 1. The monoisotopic (exact) mass is 552 g/mol. The van der Waals surface area contributed by atoms with Crippen LogP contribution in [-0.4, -0.2) is 44.9 Å². The maximum atomic E-state index is 13.2. The maximum absolute atomic E-state index is 13.2. The van der Waals surface area contributed by atoms with Crippen LogP contribution in [0.1, 0.15) is 10.4 Å². The highest BCUT2D eigenvalue weighted by atomic mass is 79.9. The number of aromatic amines is 1. The Hall–Kier alpha value is -3.89. The molecule has 0 spiro atoms. The Balaban J connectivity index is 1.54. The van der Waals surface area contributed by atoms with Crippen molar-refractivity contribution in [1.29, 1.82) is 0 Å². The second-order valence-electron chi connectivity index (χ2n) is 7.38. The number of pyridine rings is 1. The zero-order valence-electron chi connectivity index (χ0n) is 18.5. The van der Waals surface area contributed by atoms with Crippen LogP contribution in [0.4, 0.5) is 5.69 Å². The Bertz CT molecular complexity index is 1560. The molecule has 0 radical (unpaired) electrons. The average Bonchev–Trinajstić information content (AvgIpc) is 3.47. The van der Waals surface area contributed by atoms with Crippen LogP contribution in [0.25, 0.3) is 28.4 Å². The number of benzene rings is 2. The molecule has 9 nitrogen and oxygen atoms in total. The van der Waals surface area contributed by atoms with Crippen LogP contribution in [0.15, 0.2) is 65.4 Å². The summed E-state index contributed by atoms with van der Waals surface area (Å²) < 4.78 is 12.8. The topological polar surface area (TPSA) is 107 Å². The molecule has 1 amide bonds. The predicted octanol–water partition coefficient (Wildman–Crippen LogP) is 5.50. The number of nitrogens with zero attached hydrogens (tertiary/aromatic N) is 4. The summed E-state index contributed by atoms with van der Waals surface area (Å²) in [7, 11) is 3.09. The number of amides is 1. The Kier molecular flexibility index (Phi) is 6.14. The summed E-state index contributed by atoms with van der Waals surface area (Å²) in [5.41, 5.74) is 2.72. The lowest BCUT2D eigenvalue weighted by Crippen LogP contribution is -2.13. The summed E-state index contributed by atoms with van der Waals surface area (Å²) in [5.74, 6) is 1.73. The second-order valence-corrected chi connectivity index (χ2v) is 8.60. The smallest absolute Gasteiger partial charge is 0.258 e. The second kappa shape index (κ2) is 9.40. The normalized spacial score (nSPS) is 11.0. The minimum absolute atomic E-state index is 0.334. The van der Waals surface area contributed by atoms with Crippen molar-refractivity contribution in [2.75, 3.05) is 19.5 Å². The van der Waals surface area contributed by atoms with E-state index in [4.69, 9.17) is 26.1 Å². The summed E-state index contributed by atoms with van der Waals surface area (Å²) in [6.45, 7) is 0. The predicted molar refractivity (Wildman–Crippen MR) is 137 cm³/mol. The van der Waals surface area contributed by atoms with Gasteiger partial charge in [0.05, 0.1) is 36.0 Å². The average molecular weight is 554 g/mol. The van der Waals surface area contributed by atoms with Gasteiger partial charge in [0.25, 0.3) is 5.91 Å². The van der Waals surface area contributed by atoms with Crippen LogP contribution in [0.2, 0.25) is 5.02 Å². The molecule has 0 bridgehead atoms. The van der Waals surface area contributed by atoms with Crippen molar-refractivity contribution in [3.63, 3.8) is 0 Å². The molecule has 0 unspecified atom stereocenters. The lowest BCUT2D eigenvalue weighted by Gasteiger charge is -2.11. The number of fused-ring (bicyclic) bond motifs is 1. The molecule has 3 aromatic heterocycles. The van der Waals surface area contributed by atoms with Crippen molar-refractivity contribution in [3.8, 4) is 28.8 Å². The van der Waals surface area contributed by atoms with Crippen molar-refractivity contribution < 1.29 is 14.3 Å². The van der Waals surface area contributed by atoms with E-state index < -0.39 is 0 Å². The van der Waals surface area contributed by atoms with Crippen molar-refractivity contribution in [2.45, 2.75) is 0 Å². The molecule has 0 atom stereocenters. The van der Waals surface area contributed by atoms with E-state index in [2.05, 4.69) is 36.3 Å². The van der Waals surface area contributed by atoms with Crippen LogP contribution < -0.4 is 14.8 Å². The van der Waals surface area contributed by atoms with E-state index in [1.807, 2.05) is 6.07 Å². The lowest BCUT2D eigenvalue weighted by atomic mass is 10.1. The third kappa shape index (κ3) is 4.33. The Labute approximate surface area is 213 Å². The number of carbonyl (C=O) groups excluding carboxylic acids is 1. The van der Waals surface area contributed by atoms with Crippen molar-refractivity contribution in [3.05, 3.63) is 76.0 Å². The number of carbonyl (C=O) groups is 1.